The quantitative estimate of drug-likeness (QED) is 0.753. The Morgan fingerprint density at radius 2 is 1.71 bits per heavy atom. The molecule has 168 valence electrons. The first-order valence-electron chi connectivity index (χ1n) is 11.1. The molecule has 0 unspecified atom stereocenters. The summed E-state index contributed by atoms with van der Waals surface area (Å²) < 4.78 is 24.9. The van der Waals surface area contributed by atoms with Gasteiger partial charge >= 0.3 is 6.03 Å². The number of sulfonamides is 1. The van der Waals surface area contributed by atoms with Gasteiger partial charge in [-0.25, -0.2) is 23.0 Å². The Balaban J connectivity index is 1.43. The monoisotopic (exact) mass is 445 g/mol. The van der Waals surface area contributed by atoms with E-state index in [2.05, 4.69) is 16.5 Å². The van der Waals surface area contributed by atoms with Crippen molar-refractivity contribution in [2.45, 2.75) is 68.7 Å². The van der Waals surface area contributed by atoms with Crippen LogP contribution in [0.15, 0.2) is 35.2 Å². The second-order valence-corrected chi connectivity index (χ2v) is 10.3. The summed E-state index contributed by atoms with van der Waals surface area (Å²) in [7, 11) is -3.73. The molecule has 1 aliphatic heterocycles. The lowest BCUT2D eigenvalue weighted by atomic mass is 9.93. The van der Waals surface area contributed by atoms with Gasteiger partial charge in [0.2, 0.25) is 10.0 Å². The number of piperidine rings is 1. The highest BCUT2D eigenvalue weighted by Crippen LogP contribution is 2.30. The van der Waals surface area contributed by atoms with Gasteiger partial charge in [0.15, 0.2) is 0 Å². The van der Waals surface area contributed by atoms with E-state index >= 15 is 0 Å². The molecule has 2 aliphatic rings. The van der Waals surface area contributed by atoms with Crippen molar-refractivity contribution in [2.24, 2.45) is 5.14 Å². The average molecular weight is 446 g/mol. The lowest BCUT2D eigenvalue weighted by Gasteiger charge is -2.34. The molecule has 2 amide bonds. The molecule has 1 aromatic carbocycles. The Morgan fingerprint density at radius 3 is 2.32 bits per heavy atom. The number of benzene rings is 1. The number of carbonyl (C=O) groups excluding carboxylic acids is 1. The second-order valence-electron chi connectivity index (χ2n) is 8.71. The number of hydrogen-bond acceptors (Lipinski definition) is 4. The zero-order chi connectivity index (χ0) is 22.0. The first-order chi connectivity index (χ1) is 14.8. The molecule has 2 aromatic rings. The molecule has 8 nitrogen and oxygen atoms in total. The van der Waals surface area contributed by atoms with Crippen molar-refractivity contribution in [2.75, 3.05) is 13.1 Å². The van der Waals surface area contributed by atoms with Gasteiger partial charge in [0.25, 0.3) is 0 Å². The standard InChI is InChI=1S/C22H31N5O3S/c1-16-15-21(27(25-16)19-7-9-20(10-8-19)31(23,29)30)17-11-13-26(14-12-17)22(28)24-18-5-3-2-4-6-18/h7-10,15,17-18H,2-6,11-14H2,1H3,(H,24,28)(H2,23,29,30). The number of primary sulfonamides is 1. The van der Waals surface area contributed by atoms with Crippen LogP contribution in [0, 0.1) is 6.92 Å². The van der Waals surface area contributed by atoms with Crippen molar-refractivity contribution in [3.05, 3.63) is 41.7 Å². The number of aryl methyl sites for hydroxylation is 1. The van der Waals surface area contributed by atoms with E-state index in [9.17, 15) is 13.2 Å². The topological polar surface area (TPSA) is 110 Å². The van der Waals surface area contributed by atoms with Gasteiger partial charge < -0.3 is 10.2 Å². The summed E-state index contributed by atoms with van der Waals surface area (Å²) in [4.78, 5) is 14.7. The summed E-state index contributed by atoms with van der Waals surface area (Å²) in [5.41, 5.74) is 2.80. The summed E-state index contributed by atoms with van der Waals surface area (Å²) >= 11 is 0. The number of hydrogen-bond donors (Lipinski definition) is 2. The smallest absolute Gasteiger partial charge is 0.317 e. The highest BCUT2D eigenvalue weighted by Gasteiger charge is 2.28. The Bertz CT molecular complexity index is 1020. The minimum absolute atomic E-state index is 0.0635. The van der Waals surface area contributed by atoms with Crippen molar-refractivity contribution >= 4 is 16.1 Å². The van der Waals surface area contributed by atoms with Crippen molar-refractivity contribution in [1.82, 2.24) is 20.0 Å². The summed E-state index contributed by atoms with van der Waals surface area (Å²) in [6, 6.07) is 8.92. The molecule has 31 heavy (non-hydrogen) atoms. The number of urea groups is 1. The summed E-state index contributed by atoms with van der Waals surface area (Å²) in [6.45, 7) is 3.39. The van der Waals surface area contributed by atoms with Gasteiger partial charge in [0.05, 0.1) is 16.3 Å². The van der Waals surface area contributed by atoms with Crippen LogP contribution in [0.25, 0.3) is 5.69 Å². The Morgan fingerprint density at radius 1 is 1.06 bits per heavy atom. The fourth-order valence-electron chi connectivity index (χ4n) is 4.69. The third-order valence-electron chi connectivity index (χ3n) is 6.40. The lowest BCUT2D eigenvalue weighted by molar-refractivity contribution is 0.174. The van der Waals surface area contributed by atoms with Gasteiger partial charge in [-0.05, 0) is 62.9 Å². The average Bonchev–Trinajstić information content (AvgIpc) is 3.16. The first-order valence-corrected chi connectivity index (χ1v) is 12.6. The highest BCUT2D eigenvalue weighted by molar-refractivity contribution is 7.89. The molecular weight excluding hydrogens is 414 g/mol. The van der Waals surface area contributed by atoms with E-state index in [1.54, 1.807) is 12.1 Å². The van der Waals surface area contributed by atoms with Gasteiger partial charge in [0, 0.05) is 30.7 Å². The molecule has 2 heterocycles. The lowest BCUT2D eigenvalue weighted by Crippen LogP contribution is -2.48. The molecular formula is C22H31N5O3S. The third kappa shape index (κ3) is 5.10. The molecule has 9 heteroatoms. The maximum atomic E-state index is 12.7. The molecule has 1 aliphatic carbocycles. The number of rotatable bonds is 4. The fourth-order valence-corrected chi connectivity index (χ4v) is 5.20. The number of nitrogens with two attached hydrogens (primary N) is 1. The van der Waals surface area contributed by atoms with E-state index in [0.29, 0.717) is 6.04 Å². The molecule has 0 bridgehead atoms. The van der Waals surface area contributed by atoms with Crippen molar-refractivity contribution in [3.63, 3.8) is 0 Å². The van der Waals surface area contributed by atoms with Crippen LogP contribution in [0.1, 0.15) is 62.3 Å². The normalized spacial score (nSPS) is 18.8. The van der Waals surface area contributed by atoms with Gasteiger partial charge in [-0.3, -0.25) is 0 Å². The molecule has 0 radical (unpaired) electrons. The predicted octanol–water partition coefficient (Wildman–Crippen LogP) is 3.05. The Labute approximate surface area is 183 Å². The van der Waals surface area contributed by atoms with E-state index in [-0.39, 0.29) is 16.8 Å². The van der Waals surface area contributed by atoms with E-state index < -0.39 is 10.0 Å². The number of aromatic nitrogens is 2. The third-order valence-corrected chi connectivity index (χ3v) is 7.33. The molecule has 3 N–H and O–H groups in total. The number of amides is 2. The zero-order valence-corrected chi connectivity index (χ0v) is 18.8. The fraction of sp³-hybridized carbons (Fsp3) is 0.545. The summed E-state index contributed by atoms with van der Waals surface area (Å²) in [6.07, 6.45) is 7.60. The molecule has 0 atom stereocenters. The van der Waals surface area contributed by atoms with Crippen LogP contribution in [0.3, 0.4) is 0 Å². The minimum atomic E-state index is -3.73. The van der Waals surface area contributed by atoms with Gasteiger partial charge in [-0.1, -0.05) is 19.3 Å². The van der Waals surface area contributed by atoms with Crippen LogP contribution < -0.4 is 10.5 Å². The highest BCUT2D eigenvalue weighted by atomic mass is 32.2. The van der Waals surface area contributed by atoms with E-state index in [1.165, 1.54) is 31.4 Å². The van der Waals surface area contributed by atoms with Crippen molar-refractivity contribution in [3.8, 4) is 5.69 Å². The van der Waals surface area contributed by atoms with E-state index in [4.69, 9.17) is 5.14 Å². The van der Waals surface area contributed by atoms with E-state index in [1.807, 2.05) is 16.5 Å². The number of carbonyl (C=O) groups is 1. The summed E-state index contributed by atoms with van der Waals surface area (Å²) in [5, 5.41) is 13.0. The van der Waals surface area contributed by atoms with Crippen LogP contribution in [0.2, 0.25) is 0 Å². The van der Waals surface area contributed by atoms with E-state index in [0.717, 1.165) is 55.8 Å². The van der Waals surface area contributed by atoms with Crippen LogP contribution >= 0.6 is 0 Å². The zero-order valence-electron chi connectivity index (χ0n) is 18.0. The molecule has 1 aromatic heterocycles. The molecule has 1 saturated heterocycles. The maximum Gasteiger partial charge on any atom is 0.317 e. The van der Waals surface area contributed by atoms with Crippen LogP contribution in [0.4, 0.5) is 4.79 Å². The SMILES string of the molecule is Cc1cc(C2CCN(C(=O)NC3CCCCC3)CC2)n(-c2ccc(S(N)(=O)=O)cc2)n1. The summed E-state index contributed by atoms with van der Waals surface area (Å²) in [5.74, 6) is 0.290. The number of nitrogens with zero attached hydrogens (tertiary/aromatic N) is 3. The van der Waals surface area contributed by atoms with Crippen molar-refractivity contribution in [1.29, 1.82) is 0 Å². The molecule has 1 saturated carbocycles. The van der Waals surface area contributed by atoms with Gasteiger partial charge in [-0.2, -0.15) is 5.10 Å². The van der Waals surface area contributed by atoms with Crippen molar-refractivity contribution < 1.29 is 13.2 Å². The minimum Gasteiger partial charge on any atom is -0.335 e. The second kappa shape index (κ2) is 9.00. The number of likely N-dealkylation sites (tertiary alicyclic amines) is 1. The van der Waals surface area contributed by atoms with Crippen LogP contribution in [-0.4, -0.2) is 48.3 Å². The Hall–Kier alpha value is -2.39. The first kappa shape index (κ1) is 21.8. The van der Waals surface area contributed by atoms with Crippen LogP contribution in [0.5, 0.6) is 0 Å². The Kier molecular flexibility index (Phi) is 6.34. The molecule has 2 fully saturated rings. The molecule has 4 rings (SSSR count). The van der Waals surface area contributed by atoms with Gasteiger partial charge in [0.1, 0.15) is 0 Å². The largest absolute Gasteiger partial charge is 0.335 e. The van der Waals surface area contributed by atoms with Gasteiger partial charge in [-0.15, -0.1) is 0 Å². The molecule has 0 spiro atoms. The predicted molar refractivity (Wildman–Crippen MR) is 119 cm³/mol. The maximum absolute atomic E-state index is 12.7. The van der Waals surface area contributed by atoms with Crippen LogP contribution in [-0.2, 0) is 10.0 Å². The number of nitrogens with one attached hydrogen (secondary N) is 1.